The van der Waals surface area contributed by atoms with Crippen LogP contribution in [0.3, 0.4) is 0 Å². The third kappa shape index (κ3) is 4.99. The second-order valence-electron chi connectivity index (χ2n) is 5.12. The molecule has 142 valence electrons. The molecule has 0 spiro atoms. The number of ether oxygens (including phenoxy) is 2. The maximum Gasteiger partial charge on any atom is 0.339 e. The Morgan fingerprint density at radius 1 is 1.19 bits per heavy atom. The number of rotatable bonds is 7. The van der Waals surface area contributed by atoms with Crippen LogP contribution < -0.4 is 8.92 Å². The molecule has 27 heavy (non-hydrogen) atoms. The minimum Gasteiger partial charge on any atom is -0.490 e. The molecule has 0 radical (unpaired) electrons. The zero-order chi connectivity index (χ0) is 20.0. The van der Waals surface area contributed by atoms with Gasteiger partial charge in [-0.2, -0.15) is 13.7 Å². The van der Waals surface area contributed by atoms with Gasteiger partial charge in [-0.1, -0.05) is 6.07 Å². The number of esters is 1. The smallest absolute Gasteiger partial charge is 0.339 e. The van der Waals surface area contributed by atoms with Crippen LogP contribution in [0.25, 0.3) is 0 Å². The molecule has 7 nitrogen and oxygen atoms in total. The van der Waals surface area contributed by atoms with Gasteiger partial charge >= 0.3 is 16.1 Å². The van der Waals surface area contributed by atoms with Crippen LogP contribution in [-0.4, -0.2) is 27.6 Å². The van der Waals surface area contributed by atoms with Crippen LogP contribution in [0.5, 0.6) is 11.5 Å². The molecule has 0 N–H and O–H groups in total. The van der Waals surface area contributed by atoms with E-state index in [0.29, 0.717) is 0 Å². The molecule has 0 heterocycles. The summed E-state index contributed by atoms with van der Waals surface area (Å²) in [5.74, 6) is -0.616. The number of nitriles is 1. The van der Waals surface area contributed by atoms with Crippen LogP contribution in [0.2, 0.25) is 0 Å². The van der Waals surface area contributed by atoms with Crippen molar-refractivity contribution in [2.75, 3.05) is 13.2 Å². The van der Waals surface area contributed by atoms with Gasteiger partial charge in [0.05, 0.1) is 34.9 Å². The Kier molecular flexibility index (Phi) is 6.82. The minimum absolute atomic E-state index is 0.0858. The van der Waals surface area contributed by atoms with Crippen molar-refractivity contribution >= 4 is 32.0 Å². The van der Waals surface area contributed by atoms with E-state index in [0.717, 1.165) is 0 Å². The van der Waals surface area contributed by atoms with Crippen LogP contribution in [0.15, 0.2) is 45.8 Å². The Bertz CT molecular complexity index is 997. The van der Waals surface area contributed by atoms with Gasteiger partial charge in [-0.05, 0) is 54.0 Å². The highest BCUT2D eigenvalue weighted by atomic mass is 79.9. The third-order valence-electron chi connectivity index (χ3n) is 3.27. The largest absolute Gasteiger partial charge is 0.490 e. The number of halogens is 1. The molecule has 0 aliphatic heterocycles. The van der Waals surface area contributed by atoms with Crippen molar-refractivity contribution in [2.45, 2.75) is 18.7 Å². The van der Waals surface area contributed by atoms with Crippen LogP contribution in [0, 0.1) is 11.3 Å². The van der Waals surface area contributed by atoms with Crippen molar-refractivity contribution in [2.24, 2.45) is 0 Å². The topological polar surface area (TPSA) is 103 Å². The second kappa shape index (κ2) is 8.88. The fraction of sp³-hybridized carbons (Fsp3) is 0.222. The second-order valence-corrected chi connectivity index (χ2v) is 7.52. The van der Waals surface area contributed by atoms with Gasteiger partial charge in [0, 0.05) is 6.07 Å². The van der Waals surface area contributed by atoms with Crippen molar-refractivity contribution in [1.82, 2.24) is 0 Å². The molecule has 0 aliphatic rings. The molecule has 0 saturated heterocycles. The molecule has 0 aliphatic carbocycles. The first-order chi connectivity index (χ1) is 12.8. The Morgan fingerprint density at radius 3 is 2.56 bits per heavy atom. The SMILES string of the molecule is CCOC(=O)c1cccc(S(=O)(=O)Oc2c(Br)cc(C#N)cc2OCC)c1. The van der Waals surface area contributed by atoms with E-state index in [1.165, 1.54) is 36.4 Å². The molecular weight excluding hydrogens is 438 g/mol. The lowest BCUT2D eigenvalue weighted by Crippen LogP contribution is -2.13. The van der Waals surface area contributed by atoms with E-state index < -0.39 is 16.1 Å². The molecule has 0 atom stereocenters. The molecule has 2 aromatic rings. The Hall–Kier alpha value is -2.57. The fourth-order valence-electron chi connectivity index (χ4n) is 2.13. The Labute approximate surface area is 165 Å². The lowest BCUT2D eigenvalue weighted by Gasteiger charge is -2.14. The van der Waals surface area contributed by atoms with Crippen molar-refractivity contribution in [1.29, 1.82) is 5.26 Å². The molecule has 2 aromatic carbocycles. The van der Waals surface area contributed by atoms with Crippen molar-refractivity contribution in [3.8, 4) is 17.6 Å². The molecule has 0 unspecified atom stereocenters. The summed E-state index contributed by atoms with van der Waals surface area (Å²) in [4.78, 5) is 11.6. The molecule has 0 saturated carbocycles. The average molecular weight is 454 g/mol. The van der Waals surface area contributed by atoms with Crippen LogP contribution in [0.1, 0.15) is 29.8 Å². The molecule has 0 fully saturated rings. The van der Waals surface area contributed by atoms with Gasteiger partial charge in [-0.15, -0.1) is 0 Å². The predicted molar refractivity (Wildman–Crippen MR) is 100 cm³/mol. The zero-order valence-electron chi connectivity index (χ0n) is 14.6. The van der Waals surface area contributed by atoms with E-state index in [1.54, 1.807) is 13.8 Å². The average Bonchev–Trinajstić information content (AvgIpc) is 2.64. The monoisotopic (exact) mass is 453 g/mol. The van der Waals surface area contributed by atoms with E-state index in [-0.39, 0.29) is 45.2 Å². The van der Waals surface area contributed by atoms with E-state index >= 15 is 0 Å². The van der Waals surface area contributed by atoms with E-state index in [1.807, 2.05) is 6.07 Å². The number of nitrogens with zero attached hydrogens (tertiary/aromatic N) is 1. The maximum atomic E-state index is 12.7. The highest BCUT2D eigenvalue weighted by Gasteiger charge is 2.23. The number of hydrogen-bond acceptors (Lipinski definition) is 7. The molecule has 0 bridgehead atoms. The summed E-state index contributed by atoms with van der Waals surface area (Å²) in [5, 5.41) is 9.05. The quantitative estimate of drug-likeness (QED) is 0.465. The summed E-state index contributed by atoms with van der Waals surface area (Å²) in [6, 6.07) is 10.1. The van der Waals surface area contributed by atoms with Crippen molar-refractivity contribution in [3.63, 3.8) is 0 Å². The summed E-state index contributed by atoms with van der Waals surface area (Å²) in [7, 11) is -4.27. The number of benzene rings is 2. The normalized spacial score (nSPS) is 10.7. The molecule has 0 aromatic heterocycles. The van der Waals surface area contributed by atoms with Crippen molar-refractivity contribution < 1.29 is 26.9 Å². The summed E-state index contributed by atoms with van der Waals surface area (Å²) >= 11 is 3.20. The molecule has 9 heteroatoms. The summed E-state index contributed by atoms with van der Waals surface area (Å²) in [6.45, 7) is 3.78. The van der Waals surface area contributed by atoms with E-state index in [4.69, 9.17) is 18.9 Å². The van der Waals surface area contributed by atoms with Gasteiger partial charge in [-0.25, -0.2) is 4.79 Å². The number of carbonyl (C=O) groups excluding carboxylic acids is 1. The fourth-order valence-corrected chi connectivity index (χ4v) is 3.76. The van der Waals surface area contributed by atoms with Gasteiger partial charge in [0.2, 0.25) is 0 Å². The summed E-state index contributed by atoms with van der Waals surface area (Å²) < 4.78 is 41.1. The Morgan fingerprint density at radius 2 is 1.93 bits per heavy atom. The summed E-state index contributed by atoms with van der Waals surface area (Å²) in [5.41, 5.74) is 0.366. The molecule has 0 amide bonds. The van der Waals surface area contributed by atoms with Gasteiger partial charge < -0.3 is 13.7 Å². The van der Waals surface area contributed by atoms with Gasteiger partial charge in [-0.3, -0.25) is 0 Å². The first-order valence-electron chi connectivity index (χ1n) is 7.90. The minimum atomic E-state index is -4.27. The van der Waals surface area contributed by atoms with Crippen molar-refractivity contribution in [3.05, 3.63) is 52.0 Å². The van der Waals surface area contributed by atoms with E-state index in [2.05, 4.69) is 15.9 Å². The van der Waals surface area contributed by atoms with Gasteiger partial charge in [0.15, 0.2) is 11.5 Å². The number of carbonyl (C=O) groups is 1. The lowest BCUT2D eigenvalue weighted by molar-refractivity contribution is 0.0526. The maximum absolute atomic E-state index is 12.7. The summed E-state index contributed by atoms with van der Waals surface area (Å²) in [6.07, 6.45) is 0. The van der Waals surface area contributed by atoms with Crippen LogP contribution in [0.4, 0.5) is 0 Å². The third-order valence-corrected chi connectivity index (χ3v) is 5.07. The zero-order valence-corrected chi connectivity index (χ0v) is 17.0. The first-order valence-corrected chi connectivity index (χ1v) is 10.1. The highest BCUT2D eigenvalue weighted by molar-refractivity contribution is 9.10. The van der Waals surface area contributed by atoms with Gasteiger partial charge in [0.1, 0.15) is 4.90 Å². The predicted octanol–water partition coefficient (Wildman–Crippen LogP) is 3.66. The molecule has 2 rings (SSSR count). The lowest BCUT2D eigenvalue weighted by atomic mass is 10.2. The Balaban J connectivity index is 2.44. The van der Waals surface area contributed by atoms with Crippen LogP contribution >= 0.6 is 15.9 Å². The van der Waals surface area contributed by atoms with Gasteiger partial charge in [0.25, 0.3) is 0 Å². The number of hydrogen-bond donors (Lipinski definition) is 0. The van der Waals surface area contributed by atoms with E-state index in [9.17, 15) is 13.2 Å². The highest BCUT2D eigenvalue weighted by Crippen LogP contribution is 2.38. The first kappa shape index (κ1) is 20.7. The standard InChI is InChI=1S/C18H16BrNO6S/c1-3-24-16-9-12(11-20)8-15(19)17(16)26-27(22,23)14-7-5-6-13(10-14)18(21)25-4-2/h5-10H,3-4H2,1-2H3. The molecular formula is C18H16BrNO6S. The van der Waals surface area contributed by atoms with Crippen LogP contribution in [-0.2, 0) is 14.9 Å².